The van der Waals surface area contributed by atoms with Crippen LogP contribution in [0.3, 0.4) is 0 Å². The molecule has 0 saturated carbocycles. The molecule has 0 aromatic rings. The van der Waals surface area contributed by atoms with Crippen molar-refractivity contribution in [3.8, 4) is 0 Å². The molecule has 1 amide bonds. The van der Waals surface area contributed by atoms with Gasteiger partial charge in [-0.3, -0.25) is 4.79 Å². The molecule has 7 heteroatoms. The van der Waals surface area contributed by atoms with Crippen molar-refractivity contribution < 1.29 is 18.0 Å². The van der Waals surface area contributed by atoms with Gasteiger partial charge < -0.3 is 10.6 Å². The van der Waals surface area contributed by atoms with Crippen LogP contribution in [-0.2, 0) is 4.79 Å². The average Bonchev–Trinajstić information content (AvgIpc) is 2.24. The molecule has 2 N–H and O–H groups in total. The van der Waals surface area contributed by atoms with E-state index in [0.717, 1.165) is 19.4 Å². The SMILES string of the molecule is Cl.O=C(NCCCC(F)(F)F)C1CCCNC1. The molecule has 0 aromatic carbocycles. The van der Waals surface area contributed by atoms with Crippen molar-refractivity contribution in [3.63, 3.8) is 0 Å². The van der Waals surface area contributed by atoms with Gasteiger partial charge in [0.1, 0.15) is 0 Å². The van der Waals surface area contributed by atoms with Gasteiger partial charge in [0, 0.05) is 19.5 Å². The van der Waals surface area contributed by atoms with Crippen molar-refractivity contribution in [2.45, 2.75) is 31.9 Å². The predicted molar refractivity (Wildman–Crippen MR) is 61.1 cm³/mol. The van der Waals surface area contributed by atoms with Crippen LogP contribution in [0.1, 0.15) is 25.7 Å². The minimum atomic E-state index is -4.13. The summed E-state index contributed by atoms with van der Waals surface area (Å²) in [5.41, 5.74) is 0. The van der Waals surface area contributed by atoms with Gasteiger partial charge in [0.05, 0.1) is 5.92 Å². The van der Waals surface area contributed by atoms with E-state index in [0.29, 0.717) is 6.54 Å². The van der Waals surface area contributed by atoms with Crippen molar-refractivity contribution >= 4 is 18.3 Å². The second kappa shape index (κ2) is 7.76. The zero-order valence-corrected chi connectivity index (χ0v) is 10.3. The molecule has 1 atom stereocenters. The Morgan fingerprint density at radius 3 is 2.65 bits per heavy atom. The maximum atomic E-state index is 11.8. The molecule has 3 nitrogen and oxygen atoms in total. The second-order valence-corrected chi connectivity index (χ2v) is 4.05. The van der Waals surface area contributed by atoms with Crippen LogP contribution in [0.2, 0.25) is 0 Å². The molecule has 0 radical (unpaired) electrons. The average molecular weight is 275 g/mol. The third kappa shape index (κ3) is 7.44. The van der Waals surface area contributed by atoms with E-state index in [1.165, 1.54) is 0 Å². The van der Waals surface area contributed by atoms with Gasteiger partial charge in [-0.25, -0.2) is 0 Å². The monoisotopic (exact) mass is 274 g/mol. The van der Waals surface area contributed by atoms with Crippen LogP contribution in [-0.4, -0.2) is 31.7 Å². The Morgan fingerprint density at radius 1 is 1.41 bits per heavy atom. The van der Waals surface area contributed by atoms with Gasteiger partial charge in [-0.1, -0.05) is 0 Å². The molecule has 1 rings (SSSR count). The molecule has 1 saturated heterocycles. The summed E-state index contributed by atoms with van der Waals surface area (Å²) in [7, 11) is 0. The summed E-state index contributed by atoms with van der Waals surface area (Å²) in [5, 5.41) is 5.64. The number of carbonyl (C=O) groups is 1. The van der Waals surface area contributed by atoms with Crippen molar-refractivity contribution in [1.29, 1.82) is 0 Å². The Labute approximate surface area is 105 Å². The summed E-state index contributed by atoms with van der Waals surface area (Å²) >= 11 is 0. The molecule has 1 fully saturated rings. The zero-order valence-electron chi connectivity index (χ0n) is 9.48. The Kier molecular flexibility index (Phi) is 7.54. The highest BCUT2D eigenvalue weighted by atomic mass is 35.5. The Bertz CT molecular complexity index is 230. The Balaban J connectivity index is 0.00000256. The lowest BCUT2D eigenvalue weighted by Gasteiger charge is -2.21. The lowest BCUT2D eigenvalue weighted by molar-refractivity contribution is -0.136. The molecule has 17 heavy (non-hydrogen) atoms. The Hall–Kier alpha value is -0.490. The first kappa shape index (κ1) is 16.5. The van der Waals surface area contributed by atoms with Crippen molar-refractivity contribution in [2.24, 2.45) is 5.92 Å². The largest absolute Gasteiger partial charge is 0.389 e. The summed E-state index contributed by atoms with van der Waals surface area (Å²) in [4.78, 5) is 11.5. The molecule has 1 aliphatic rings. The maximum Gasteiger partial charge on any atom is 0.389 e. The molecular weight excluding hydrogens is 257 g/mol. The van der Waals surface area contributed by atoms with E-state index >= 15 is 0 Å². The highest BCUT2D eigenvalue weighted by Gasteiger charge is 2.26. The lowest BCUT2D eigenvalue weighted by Crippen LogP contribution is -2.40. The van der Waals surface area contributed by atoms with Gasteiger partial charge in [-0.2, -0.15) is 13.2 Å². The highest BCUT2D eigenvalue weighted by Crippen LogP contribution is 2.20. The van der Waals surface area contributed by atoms with Gasteiger partial charge >= 0.3 is 6.18 Å². The normalized spacial score (nSPS) is 20.5. The van der Waals surface area contributed by atoms with Gasteiger partial charge in [0.15, 0.2) is 0 Å². The van der Waals surface area contributed by atoms with E-state index in [9.17, 15) is 18.0 Å². The smallest absolute Gasteiger partial charge is 0.356 e. The number of rotatable bonds is 4. The van der Waals surface area contributed by atoms with Crippen LogP contribution in [0.25, 0.3) is 0 Å². The summed E-state index contributed by atoms with van der Waals surface area (Å²) in [6.07, 6.45) is -3.25. The first-order valence-corrected chi connectivity index (χ1v) is 5.54. The van der Waals surface area contributed by atoms with E-state index in [4.69, 9.17) is 0 Å². The van der Waals surface area contributed by atoms with E-state index in [2.05, 4.69) is 10.6 Å². The minimum absolute atomic E-state index is 0. The third-order valence-corrected chi connectivity index (χ3v) is 2.60. The molecule has 1 aliphatic heterocycles. The Morgan fingerprint density at radius 2 is 2.12 bits per heavy atom. The number of piperidine rings is 1. The van der Waals surface area contributed by atoms with Crippen LogP contribution in [0.4, 0.5) is 13.2 Å². The first-order valence-electron chi connectivity index (χ1n) is 5.54. The van der Waals surface area contributed by atoms with E-state index in [1.807, 2.05) is 0 Å². The molecule has 0 aromatic heterocycles. The van der Waals surface area contributed by atoms with Gasteiger partial charge in [0.2, 0.25) is 5.91 Å². The van der Waals surface area contributed by atoms with Crippen molar-refractivity contribution in [2.75, 3.05) is 19.6 Å². The van der Waals surface area contributed by atoms with Gasteiger partial charge in [-0.05, 0) is 25.8 Å². The molecule has 1 unspecified atom stereocenters. The molecule has 0 aliphatic carbocycles. The van der Waals surface area contributed by atoms with Crippen LogP contribution in [0.15, 0.2) is 0 Å². The van der Waals surface area contributed by atoms with Crippen molar-refractivity contribution in [3.05, 3.63) is 0 Å². The number of nitrogens with one attached hydrogen (secondary N) is 2. The number of amides is 1. The van der Waals surface area contributed by atoms with E-state index in [1.54, 1.807) is 0 Å². The number of hydrogen-bond acceptors (Lipinski definition) is 2. The molecular formula is C10H18ClF3N2O. The van der Waals surface area contributed by atoms with Gasteiger partial charge in [0.25, 0.3) is 0 Å². The fraction of sp³-hybridized carbons (Fsp3) is 0.900. The molecule has 0 bridgehead atoms. The summed E-state index contributed by atoms with van der Waals surface area (Å²) in [6, 6.07) is 0. The van der Waals surface area contributed by atoms with Gasteiger partial charge in [-0.15, -0.1) is 12.4 Å². The summed E-state index contributed by atoms with van der Waals surface area (Å²) < 4.78 is 35.4. The lowest BCUT2D eigenvalue weighted by atomic mass is 9.99. The summed E-state index contributed by atoms with van der Waals surface area (Å²) in [6.45, 7) is 1.65. The predicted octanol–water partition coefficient (Wildman–Crippen LogP) is 1.87. The zero-order chi connectivity index (χ0) is 12.0. The van der Waals surface area contributed by atoms with Crippen LogP contribution >= 0.6 is 12.4 Å². The van der Waals surface area contributed by atoms with Crippen molar-refractivity contribution in [1.82, 2.24) is 10.6 Å². The first-order chi connectivity index (χ1) is 7.49. The van der Waals surface area contributed by atoms with Crippen LogP contribution in [0, 0.1) is 5.92 Å². The fourth-order valence-corrected chi connectivity index (χ4v) is 1.72. The quantitative estimate of drug-likeness (QED) is 0.769. The molecule has 0 spiro atoms. The number of carbonyl (C=O) groups excluding carboxylic acids is 1. The molecule has 102 valence electrons. The number of halogens is 4. The van der Waals surface area contributed by atoms with Crippen LogP contribution < -0.4 is 10.6 Å². The number of alkyl halides is 3. The third-order valence-electron chi connectivity index (χ3n) is 2.60. The highest BCUT2D eigenvalue weighted by molar-refractivity contribution is 5.85. The number of hydrogen-bond donors (Lipinski definition) is 2. The standard InChI is InChI=1S/C10H17F3N2O.ClH/c11-10(12,13)4-2-6-15-9(16)8-3-1-5-14-7-8;/h8,14H,1-7H2,(H,15,16);1H. The maximum absolute atomic E-state index is 11.8. The fourth-order valence-electron chi connectivity index (χ4n) is 1.72. The van der Waals surface area contributed by atoms with E-state index in [-0.39, 0.29) is 37.2 Å². The van der Waals surface area contributed by atoms with Crippen LogP contribution in [0.5, 0.6) is 0 Å². The second-order valence-electron chi connectivity index (χ2n) is 4.05. The minimum Gasteiger partial charge on any atom is -0.356 e. The molecule has 1 heterocycles. The summed E-state index contributed by atoms with van der Waals surface area (Å²) in [5.74, 6) is -0.214. The van der Waals surface area contributed by atoms with E-state index < -0.39 is 12.6 Å². The topological polar surface area (TPSA) is 41.1 Å².